The first-order valence-electron chi connectivity index (χ1n) is 4.30. The lowest BCUT2D eigenvalue weighted by atomic mass is 9.96. The van der Waals surface area contributed by atoms with Crippen LogP contribution < -0.4 is 0 Å². The molecule has 2 radical (unpaired) electrons. The van der Waals surface area contributed by atoms with Gasteiger partial charge in [0.25, 0.3) is 0 Å². The van der Waals surface area contributed by atoms with Gasteiger partial charge in [0.05, 0.1) is 24.6 Å². The first-order valence-corrected chi connectivity index (χ1v) is 5.35. The van der Waals surface area contributed by atoms with Gasteiger partial charge in [-0.15, -0.1) is 0 Å². The van der Waals surface area contributed by atoms with Crippen LogP contribution in [-0.2, 0) is 14.2 Å². The molecule has 1 aliphatic heterocycles. The maximum Gasteiger partial charge on any atom is 0.110 e. The van der Waals surface area contributed by atoms with E-state index in [0.29, 0.717) is 6.61 Å². The van der Waals surface area contributed by atoms with Gasteiger partial charge in [-0.1, -0.05) is 0 Å². The third-order valence-electron chi connectivity index (χ3n) is 2.04. The van der Waals surface area contributed by atoms with E-state index < -0.39 is 0 Å². The zero-order valence-corrected chi connectivity index (χ0v) is 8.88. The van der Waals surface area contributed by atoms with Gasteiger partial charge in [-0.3, -0.25) is 0 Å². The second kappa shape index (κ2) is 5.91. The normalized spacial score (nSPS) is 33.8. The summed E-state index contributed by atoms with van der Waals surface area (Å²) in [5.74, 6) is 0.929. The van der Waals surface area contributed by atoms with Crippen molar-refractivity contribution >= 4 is 19.6 Å². The first kappa shape index (κ1) is 11.4. The Morgan fingerprint density at radius 2 is 2.31 bits per heavy atom. The molecule has 5 heteroatoms. The molecule has 3 atom stereocenters. The van der Waals surface area contributed by atoms with Crippen LogP contribution in [0.1, 0.15) is 0 Å². The van der Waals surface area contributed by atoms with E-state index in [4.69, 9.17) is 22.1 Å². The van der Waals surface area contributed by atoms with E-state index in [1.165, 1.54) is 0 Å². The maximum atomic E-state index is 5.76. The summed E-state index contributed by atoms with van der Waals surface area (Å²) in [4.78, 5) is 0. The Balaban J connectivity index is 2.27. The van der Waals surface area contributed by atoms with E-state index in [0.717, 1.165) is 12.4 Å². The van der Waals surface area contributed by atoms with E-state index in [1.807, 2.05) is 0 Å². The number of thioether (sulfide) groups is 1. The van der Waals surface area contributed by atoms with Crippen molar-refractivity contribution in [2.75, 3.05) is 33.2 Å². The molecule has 0 bridgehead atoms. The van der Waals surface area contributed by atoms with Gasteiger partial charge in [0.2, 0.25) is 0 Å². The van der Waals surface area contributed by atoms with Gasteiger partial charge in [-0.05, 0) is 0 Å². The van der Waals surface area contributed by atoms with Gasteiger partial charge < -0.3 is 14.2 Å². The molecule has 74 valence electrons. The summed E-state index contributed by atoms with van der Waals surface area (Å²) < 4.78 is 15.5. The summed E-state index contributed by atoms with van der Waals surface area (Å²) in [5, 5.41) is 0.236. The van der Waals surface area contributed by atoms with Crippen molar-refractivity contribution in [3.63, 3.8) is 0 Å². The molecule has 13 heavy (non-hydrogen) atoms. The van der Waals surface area contributed by atoms with Crippen LogP contribution in [-0.4, -0.2) is 58.4 Å². The van der Waals surface area contributed by atoms with Crippen LogP contribution in [0, 0.1) is 0 Å². The van der Waals surface area contributed by atoms with Crippen molar-refractivity contribution in [3.05, 3.63) is 0 Å². The van der Waals surface area contributed by atoms with Crippen LogP contribution >= 0.6 is 11.8 Å². The molecule has 0 amide bonds. The highest BCUT2D eigenvalue weighted by molar-refractivity contribution is 8.00. The van der Waals surface area contributed by atoms with Gasteiger partial charge in [-0.25, -0.2) is 0 Å². The molecule has 0 aromatic heterocycles. The van der Waals surface area contributed by atoms with Crippen molar-refractivity contribution in [3.8, 4) is 0 Å². The van der Waals surface area contributed by atoms with Crippen molar-refractivity contribution in [1.82, 2.24) is 0 Å². The molecule has 0 saturated carbocycles. The molecule has 1 rings (SSSR count). The summed E-state index contributed by atoms with van der Waals surface area (Å²) >= 11 is 1.75. The van der Waals surface area contributed by atoms with Gasteiger partial charge in [0.15, 0.2) is 0 Å². The Hall–Kier alpha value is 0.295. The van der Waals surface area contributed by atoms with Crippen molar-refractivity contribution in [2.45, 2.75) is 17.4 Å². The maximum absolute atomic E-state index is 5.76. The predicted molar refractivity (Wildman–Crippen MR) is 54.4 cm³/mol. The Kier molecular flexibility index (Phi) is 5.17. The standard InChI is InChI=1S/C8H15BO3S/c1-10-3-4-13-7-6(11-2)5-12-8(7)9/h6-8H,3-5H2,1-2H3/t6?,7?,8-/m1/s1. The van der Waals surface area contributed by atoms with Crippen molar-refractivity contribution < 1.29 is 14.2 Å². The largest absolute Gasteiger partial charge is 0.384 e. The zero-order chi connectivity index (χ0) is 9.68. The molecule has 0 spiro atoms. The lowest BCUT2D eigenvalue weighted by Gasteiger charge is -2.18. The lowest BCUT2D eigenvalue weighted by molar-refractivity contribution is 0.0797. The zero-order valence-electron chi connectivity index (χ0n) is 8.06. The van der Waals surface area contributed by atoms with E-state index in [9.17, 15) is 0 Å². The van der Waals surface area contributed by atoms with Gasteiger partial charge in [0, 0.05) is 26.0 Å². The van der Waals surface area contributed by atoms with Gasteiger partial charge >= 0.3 is 0 Å². The van der Waals surface area contributed by atoms with Crippen molar-refractivity contribution in [2.24, 2.45) is 0 Å². The molecule has 0 aliphatic carbocycles. The molecular formula is C8H15BO3S. The average Bonchev–Trinajstić information content (AvgIpc) is 2.48. The Labute approximate surface area is 84.9 Å². The topological polar surface area (TPSA) is 27.7 Å². The summed E-state index contributed by atoms with van der Waals surface area (Å²) in [6.45, 7) is 1.34. The summed E-state index contributed by atoms with van der Waals surface area (Å²) in [6.07, 6.45) is 0.122. The van der Waals surface area contributed by atoms with Crippen molar-refractivity contribution in [1.29, 1.82) is 0 Å². The molecule has 1 heterocycles. The number of methoxy groups -OCH3 is 2. The molecule has 0 N–H and O–H groups in total. The molecule has 0 aromatic carbocycles. The van der Waals surface area contributed by atoms with E-state index in [1.54, 1.807) is 26.0 Å². The number of hydrogen-bond acceptors (Lipinski definition) is 4. The molecular weight excluding hydrogens is 187 g/mol. The number of hydrogen-bond donors (Lipinski definition) is 0. The van der Waals surface area contributed by atoms with E-state index >= 15 is 0 Å². The minimum absolute atomic E-state index is 0.122. The highest BCUT2D eigenvalue weighted by Gasteiger charge is 2.34. The van der Waals surface area contributed by atoms with E-state index in [-0.39, 0.29) is 17.4 Å². The number of rotatable bonds is 5. The SMILES string of the molecule is [B][C@@H]1OCC(OC)C1SCCOC. The third-order valence-corrected chi connectivity index (χ3v) is 3.40. The highest BCUT2D eigenvalue weighted by Crippen LogP contribution is 2.26. The molecule has 1 fully saturated rings. The van der Waals surface area contributed by atoms with Crippen LogP contribution in [0.25, 0.3) is 0 Å². The molecule has 3 nitrogen and oxygen atoms in total. The fourth-order valence-electron chi connectivity index (χ4n) is 1.28. The quantitative estimate of drug-likeness (QED) is 0.472. The Morgan fingerprint density at radius 3 is 2.92 bits per heavy atom. The molecule has 1 aliphatic rings. The minimum atomic E-state index is -0.202. The van der Waals surface area contributed by atoms with E-state index in [2.05, 4.69) is 0 Å². The molecule has 1 saturated heterocycles. The van der Waals surface area contributed by atoms with Crippen LogP contribution in [0.4, 0.5) is 0 Å². The lowest BCUT2D eigenvalue weighted by Crippen LogP contribution is -2.29. The van der Waals surface area contributed by atoms with Gasteiger partial charge in [-0.2, -0.15) is 11.8 Å². The summed E-state index contributed by atoms with van der Waals surface area (Å²) in [7, 11) is 9.15. The number of ether oxygens (including phenoxy) is 3. The smallest absolute Gasteiger partial charge is 0.110 e. The highest BCUT2D eigenvalue weighted by atomic mass is 32.2. The van der Waals surface area contributed by atoms with Crippen LogP contribution in [0.15, 0.2) is 0 Å². The minimum Gasteiger partial charge on any atom is -0.384 e. The van der Waals surface area contributed by atoms with Crippen LogP contribution in [0.5, 0.6) is 0 Å². The average molecular weight is 202 g/mol. The fourth-order valence-corrected chi connectivity index (χ4v) is 2.49. The second-order valence-corrected chi connectivity index (χ2v) is 4.19. The Bertz CT molecular complexity index is 147. The second-order valence-electron chi connectivity index (χ2n) is 2.90. The molecule has 0 aromatic rings. The summed E-state index contributed by atoms with van der Waals surface area (Å²) in [5.41, 5.74) is 0. The predicted octanol–water partition coefficient (Wildman–Crippen LogP) is 0.274. The monoisotopic (exact) mass is 202 g/mol. The van der Waals surface area contributed by atoms with Gasteiger partial charge in [0.1, 0.15) is 7.85 Å². The Morgan fingerprint density at radius 1 is 1.54 bits per heavy atom. The van der Waals surface area contributed by atoms with Crippen LogP contribution in [0.3, 0.4) is 0 Å². The first-order chi connectivity index (χ1) is 6.29. The summed E-state index contributed by atoms with van der Waals surface area (Å²) in [6, 6.07) is -0.202. The fraction of sp³-hybridized carbons (Fsp3) is 1.00. The molecule has 2 unspecified atom stereocenters. The third kappa shape index (κ3) is 3.16. The van der Waals surface area contributed by atoms with Crippen LogP contribution in [0.2, 0.25) is 0 Å².